The molecule has 33 heavy (non-hydrogen) atoms. The van der Waals surface area contributed by atoms with Gasteiger partial charge in [-0.25, -0.2) is 13.2 Å². The number of carbonyl (C=O) groups excluding carboxylic acids is 2. The third-order valence-corrected chi connectivity index (χ3v) is 6.66. The number of ketones is 1. The van der Waals surface area contributed by atoms with Crippen LogP contribution in [0.25, 0.3) is 10.9 Å². The molecule has 4 aromatic rings. The maximum atomic E-state index is 13.6. The molecule has 1 aromatic heterocycles. The maximum absolute atomic E-state index is 13.6. The normalized spacial score (nSPS) is 12.4. The van der Waals surface area contributed by atoms with Crippen molar-refractivity contribution in [1.29, 1.82) is 0 Å². The summed E-state index contributed by atoms with van der Waals surface area (Å²) >= 11 is 0. The first-order chi connectivity index (χ1) is 15.8. The number of hydrogen-bond acceptors (Lipinski definition) is 5. The summed E-state index contributed by atoms with van der Waals surface area (Å²) < 4.78 is 29.1. The van der Waals surface area contributed by atoms with E-state index in [1.54, 1.807) is 30.5 Å². The lowest BCUT2D eigenvalue weighted by molar-refractivity contribution is 0.0280. The number of carbonyl (C=O) groups is 2. The van der Waals surface area contributed by atoms with E-state index in [-0.39, 0.29) is 16.2 Å². The Labute approximate surface area is 192 Å². The zero-order valence-corrected chi connectivity index (χ0v) is 19.1. The second-order valence-electron chi connectivity index (χ2n) is 7.75. The Bertz CT molecular complexity index is 1420. The zero-order valence-electron chi connectivity index (χ0n) is 18.2. The lowest BCUT2D eigenvalue weighted by Crippen LogP contribution is -2.20. The van der Waals surface area contributed by atoms with Gasteiger partial charge in [0, 0.05) is 34.5 Å². The predicted molar refractivity (Wildman–Crippen MR) is 126 cm³/mol. The topological polar surface area (TPSA) is 93.3 Å². The minimum absolute atomic E-state index is 0.0975. The van der Waals surface area contributed by atoms with Crippen LogP contribution in [0.15, 0.2) is 83.9 Å². The van der Waals surface area contributed by atoms with E-state index in [2.05, 4.69) is 4.98 Å². The van der Waals surface area contributed by atoms with E-state index in [4.69, 9.17) is 4.74 Å². The largest absolute Gasteiger partial charge is 0.445 e. The highest BCUT2D eigenvalue weighted by atomic mass is 32.2. The molecule has 3 aromatic carbocycles. The van der Waals surface area contributed by atoms with E-state index in [1.807, 2.05) is 31.2 Å². The van der Waals surface area contributed by atoms with Crippen LogP contribution in [0.4, 0.5) is 0 Å². The number of hydrogen-bond donors (Lipinski definition) is 1. The Morgan fingerprint density at radius 2 is 1.64 bits per heavy atom. The minimum Gasteiger partial charge on any atom is -0.445 e. The van der Waals surface area contributed by atoms with Crippen LogP contribution in [-0.2, 0) is 21.0 Å². The van der Waals surface area contributed by atoms with E-state index in [0.29, 0.717) is 11.1 Å². The monoisotopic (exact) mass is 461 g/mol. The molecule has 0 aliphatic rings. The molecule has 0 amide bonds. The van der Waals surface area contributed by atoms with Gasteiger partial charge in [-0.2, -0.15) is 0 Å². The molecule has 168 valence electrons. The number of sulfone groups is 1. The van der Waals surface area contributed by atoms with Gasteiger partial charge in [-0.15, -0.1) is 0 Å². The number of Topliss-reactive ketones (excluding diaryl/α,β-unsaturated/α-hetero) is 1. The minimum atomic E-state index is -3.39. The second kappa shape index (κ2) is 9.03. The molecule has 4 rings (SSSR count). The number of nitrogens with one attached hydrogen (secondary N) is 1. The standard InChI is InChI=1S/C26H23NO5S/c1-3-17-10-7-11-21-22(16-27-23(17)21)24(28)25(18-8-5-4-6-9-18)32-26(29)19-12-14-20(15-13-19)33(2,30)31/h4-16,25,27H,3H2,1-2H3/t25-/m0/s1. The fourth-order valence-corrected chi connectivity index (χ4v) is 4.40. The first kappa shape index (κ1) is 22.5. The van der Waals surface area contributed by atoms with E-state index in [1.165, 1.54) is 24.3 Å². The fraction of sp³-hybridized carbons (Fsp3) is 0.154. The summed E-state index contributed by atoms with van der Waals surface area (Å²) in [5, 5.41) is 0.772. The average molecular weight is 462 g/mol. The molecule has 0 fully saturated rings. The first-order valence-corrected chi connectivity index (χ1v) is 12.4. The van der Waals surface area contributed by atoms with Crippen LogP contribution in [0.3, 0.4) is 0 Å². The lowest BCUT2D eigenvalue weighted by Gasteiger charge is -2.17. The summed E-state index contributed by atoms with van der Waals surface area (Å²) in [5.74, 6) is -1.06. The van der Waals surface area contributed by atoms with Gasteiger partial charge >= 0.3 is 5.97 Å². The number of rotatable bonds is 7. The summed E-state index contributed by atoms with van der Waals surface area (Å²) in [6.07, 6.45) is 2.40. The molecule has 7 heteroatoms. The van der Waals surface area contributed by atoms with E-state index < -0.39 is 21.9 Å². The third kappa shape index (κ3) is 4.59. The average Bonchev–Trinajstić information content (AvgIpc) is 3.26. The quantitative estimate of drug-likeness (QED) is 0.312. The Morgan fingerprint density at radius 3 is 2.27 bits per heavy atom. The lowest BCUT2D eigenvalue weighted by atomic mass is 9.98. The van der Waals surface area contributed by atoms with Gasteiger partial charge in [0.25, 0.3) is 0 Å². The summed E-state index contributed by atoms with van der Waals surface area (Å²) in [6, 6.07) is 20.0. The molecule has 0 aliphatic heterocycles. The molecule has 0 saturated carbocycles. The van der Waals surface area contributed by atoms with Gasteiger partial charge in [-0.05, 0) is 36.2 Å². The summed E-state index contributed by atoms with van der Waals surface area (Å²) in [7, 11) is -3.39. The molecule has 1 heterocycles. The smallest absolute Gasteiger partial charge is 0.339 e. The van der Waals surface area contributed by atoms with Gasteiger partial charge < -0.3 is 9.72 Å². The van der Waals surface area contributed by atoms with Crippen LogP contribution in [0, 0.1) is 0 Å². The number of aromatic nitrogens is 1. The number of benzene rings is 3. The van der Waals surface area contributed by atoms with Crippen molar-refractivity contribution in [3.63, 3.8) is 0 Å². The van der Waals surface area contributed by atoms with Gasteiger partial charge in [0.1, 0.15) is 0 Å². The summed E-state index contributed by atoms with van der Waals surface area (Å²) in [6.45, 7) is 2.04. The molecular formula is C26H23NO5S. The fourth-order valence-electron chi connectivity index (χ4n) is 3.77. The molecule has 0 bridgehead atoms. The van der Waals surface area contributed by atoms with Crippen LogP contribution in [0.1, 0.15) is 44.9 Å². The zero-order chi connectivity index (χ0) is 23.6. The second-order valence-corrected chi connectivity index (χ2v) is 9.77. The summed E-state index contributed by atoms with van der Waals surface area (Å²) in [4.78, 5) is 29.8. The van der Waals surface area contributed by atoms with Crippen molar-refractivity contribution in [2.24, 2.45) is 0 Å². The van der Waals surface area contributed by atoms with Crippen molar-refractivity contribution in [3.8, 4) is 0 Å². The first-order valence-electron chi connectivity index (χ1n) is 10.5. The van der Waals surface area contributed by atoms with Crippen LogP contribution < -0.4 is 0 Å². The number of H-pyrrole nitrogens is 1. The van der Waals surface area contributed by atoms with Gasteiger partial charge in [-0.3, -0.25) is 4.79 Å². The Hall–Kier alpha value is -3.71. The number of esters is 1. The van der Waals surface area contributed by atoms with Crippen molar-refractivity contribution in [2.45, 2.75) is 24.3 Å². The van der Waals surface area contributed by atoms with Crippen molar-refractivity contribution in [3.05, 3.63) is 101 Å². The van der Waals surface area contributed by atoms with E-state index in [9.17, 15) is 18.0 Å². The maximum Gasteiger partial charge on any atom is 0.339 e. The van der Waals surface area contributed by atoms with E-state index >= 15 is 0 Å². The Morgan fingerprint density at radius 1 is 0.939 bits per heavy atom. The number of aryl methyl sites for hydroxylation is 1. The van der Waals surface area contributed by atoms with Crippen molar-refractivity contribution < 1.29 is 22.7 Å². The van der Waals surface area contributed by atoms with Gasteiger partial charge in [0.15, 0.2) is 15.9 Å². The van der Waals surface area contributed by atoms with Crippen molar-refractivity contribution in [2.75, 3.05) is 6.26 Å². The van der Waals surface area contributed by atoms with Crippen LogP contribution in [-0.4, -0.2) is 31.4 Å². The van der Waals surface area contributed by atoms with Gasteiger partial charge in [0.05, 0.1) is 10.5 Å². The number of aromatic amines is 1. The third-order valence-electron chi connectivity index (χ3n) is 5.53. The molecule has 0 unspecified atom stereocenters. The SMILES string of the molecule is CCc1cccc2c(C(=O)[C@@H](OC(=O)c3ccc(S(C)(=O)=O)cc3)c3ccccc3)c[nH]c12. The van der Waals surface area contributed by atoms with Crippen molar-refractivity contribution in [1.82, 2.24) is 4.98 Å². The van der Waals surface area contributed by atoms with E-state index in [0.717, 1.165) is 29.1 Å². The summed E-state index contributed by atoms with van der Waals surface area (Å²) in [5.41, 5.74) is 3.12. The molecule has 6 nitrogen and oxygen atoms in total. The molecule has 0 saturated heterocycles. The predicted octanol–water partition coefficient (Wildman–Crippen LogP) is 4.91. The van der Waals surface area contributed by atoms with Crippen LogP contribution >= 0.6 is 0 Å². The highest BCUT2D eigenvalue weighted by Gasteiger charge is 2.29. The Kier molecular flexibility index (Phi) is 6.16. The number of ether oxygens (including phenoxy) is 1. The van der Waals surface area contributed by atoms with Gasteiger partial charge in [0.2, 0.25) is 5.78 Å². The molecule has 0 radical (unpaired) electrons. The van der Waals surface area contributed by atoms with Crippen LogP contribution in [0.2, 0.25) is 0 Å². The number of para-hydroxylation sites is 1. The molecule has 1 N–H and O–H groups in total. The molecular weight excluding hydrogens is 438 g/mol. The molecule has 0 aliphatic carbocycles. The van der Waals surface area contributed by atoms with Gasteiger partial charge in [-0.1, -0.05) is 55.5 Å². The number of fused-ring (bicyclic) bond motifs is 1. The Balaban J connectivity index is 1.70. The highest BCUT2D eigenvalue weighted by Crippen LogP contribution is 2.29. The highest BCUT2D eigenvalue weighted by molar-refractivity contribution is 7.90. The molecule has 0 spiro atoms. The van der Waals surface area contributed by atoms with Crippen molar-refractivity contribution >= 4 is 32.5 Å². The van der Waals surface area contributed by atoms with Crippen LogP contribution in [0.5, 0.6) is 0 Å². The molecule has 1 atom stereocenters.